The van der Waals surface area contributed by atoms with Gasteiger partial charge >= 0.3 is 0 Å². The van der Waals surface area contributed by atoms with Crippen LogP contribution in [0.1, 0.15) is 10.4 Å². The van der Waals surface area contributed by atoms with Crippen LogP contribution in [-0.2, 0) is 4.79 Å². The van der Waals surface area contributed by atoms with Gasteiger partial charge in [-0.15, -0.1) is 11.3 Å². The molecule has 0 fully saturated rings. The van der Waals surface area contributed by atoms with Gasteiger partial charge in [0.15, 0.2) is 11.7 Å². The van der Waals surface area contributed by atoms with E-state index in [1.54, 1.807) is 29.8 Å². The molecule has 0 saturated heterocycles. The SMILES string of the molecule is O=C1COc2ccc(C(=O)Nc3nccs3)cc2N1. The lowest BCUT2D eigenvalue weighted by atomic mass is 10.1. The van der Waals surface area contributed by atoms with Gasteiger partial charge in [-0.25, -0.2) is 4.98 Å². The van der Waals surface area contributed by atoms with Crippen LogP contribution in [0.5, 0.6) is 5.75 Å². The first-order valence-corrected chi connectivity index (χ1v) is 6.38. The van der Waals surface area contributed by atoms with Gasteiger partial charge in [-0.2, -0.15) is 0 Å². The molecule has 1 aromatic carbocycles. The molecule has 2 amide bonds. The van der Waals surface area contributed by atoms with Crippen LogP contribution in [0.25, 0.3) is 0 Å². The van der Waals surface area contributed by atoms with E-state index in [4.69, 9.17) is 4.74 Å². The number of nitrogens with one attached hydrogen (secondary N) is 2. The van der Waals surface area contributed by atoms with E-state index in [-0.39, 0.29) is 18.4 Å². The molecule has 0 bridgehead atoms. The number of ether oxygens (including phenoxy) is 1. The van der Waals surface area contributed by atoms with Crippen LogP contribution in [0, 0.1) is 0 Å². The summed E-state index contributed by atoms with van der Waals surface area (Å²) in [6.07, 6.45) is 1.61. The molecular weight excluding hydrogens is 266 g/mol. The summed E-state index contributed by atoms with van der Waals surface area (Å²) in [6, 6.07) is 4.88. The van der Waals surface area contributed by atoms with E-state index in [9.17, 15) is 9.59 Å². The van der Waals surface area contributed by atoms with Crippen molar-refractivity contribution in [3.05, 3.63) is 35.3 Å². The molecule has 0 unspecified atom stereocenters. The molecule has 6 nitrogen and oxygen atoms in total. The highest BCUT2D eigenvalue weighted by Crippen LogP contribution is 2.28. The maximum Gasteiger partial charge on any atom is 0.262 e. The Morgan fingerprint density at radius 3 is 3.16 bits per heavy atom. The van der Waals surface area contributed by atoms with Crippen LogP contribution < -0.4 is 15.4 Å². The monoisotopic (exact) mass is 275 g/mol. The number of anilines is 2. The maximum absolute atomic E-state index is 12.0. The predicted molar refractivity (Wildman–Crippen MR) is 70.6 cm³/mol. The van der Waals surface area contributed by atoms with Crippen LogP contribution in [0.15, 0.2) is 29.8 Å². The van der Waals surface area contributed by atoms with E-state index in [1.165, 1.54) is 11.3 Å². The van der Waals surface area contributed by atoms with E-state index in [0.29, 0.717) is 22.1 Å². The second-order valence-electron chi connectivity index (χ2n) is 3.84. The number of amides is 2. The topological polar surface area (TPSA) is 80.3 Å². The largest absolute Gasteiger partial charge is 0.482 e. The Hall–Kier alpha value is -2.41. The van der Waals surface area contributed by atoms with Gasteiger partial charge in [-0.1, -0.05) is 0 Å². The zero-order valence-electron chi connectivity index (χ0n) is 9.67. The van der Waals surface area contributed by atoms with Crippen molar-refractivity contribution in [3.63, 3.8) is 0 Å². The Labute approximate surface area is 112 Å². The van der Waals surface area contributed by atoms with Gasteiger partial charge in [0.2, 0.25) is 0 Å². The molecule has 1 aliphatic heterocycles. The fourth-order valence-corrected chi connectivity index (χ4v) is 2.20. The number of benzene rings is 1. The van der Waals surface area contributed by atoms with Crippen LogP contribution in [0.2, 0.25) is 0 Å². The lowest BCUT2D eigenvalue weighted by Crippen LogP contribution is -2.25. The molecule has 0 aliphatic carbocycles. The summed E-state index contributed by atoms with van der Waals surface area (Å²) in [7, 11) is 0. The summed E-state index contributed by atoms with van der Waals surface area (Å²) in [6.45, 7) is -0.00232. The summed E-state index contributed by atoms with van der Waals surface area (Å²) in [4.78, 5) is 27.2. The number of nitrogens with zero attached hydrogens (tertiary/aromatic N) is 1. The molecule has 0 saturated carbocycles. The number of hydrogen-bond donors (Lipinski definition) is 2. The smallest absolute Gasteiger partial charge is 0.262 e. The maximum atomic E-state index is 12.0. The highest BCUT2D eigenvalue weighted by atomic mass is 32.1. The average Bonchev–Trinajstić information content (AvgIpc) is 2.90. The van der Waals surface area contributed by atoms with Crippen molar-refractivity contribution < 1.29 is 14.3 Å². The molecule has 1 aliphatic rings. The molecule has 2 heterocycles. The number of aromatic nitrogens is 1. The van der Waals surface area contributed by atoms with Crippen LogP contribution in [0.3, 0.4) is 0 Å². The van der Waals surface area contributed by atoms with Gasteiger partial charge in [0.25, 0.3) is 11.8 Å². The van der Waals surface area contributed by atoms with Gasteiger partial charge < -0.3 is 10.1 Å². The first kappa shape index (κ1) is 11.7. The minimum atomic E-state index is -0.280. The molecule has 96 valence electrons. The number of carbonyl (C=O) groups is 2. The van der Waals surface area contributed by atoms with Crippen molar-refractivity contribution in [2.24, 2.45) is 0 Å². The minimum Gasteiger partial charge on any atom is -0.482 e. The van der Waals surface area contributed by atoms with Crippen molar-refractivity contribution in [1.82, 2.24) is 4.98 Å². The lowest BCUT2D eigenvalue weighted by Gasteiger charge is -2.18. The Morgan fingerprint density at radius 1 is 1.47 bits per heavy atom. The lowest BCUT2D eigenvalue weighted by molar-refractivity contribution is -0.118. The van der Waals surface area contributed by atoms with Crippen LogP contribution in [-0.4, -0.2) is 23.4 Å². The van der Waals surface area contributed by atoms with E-state index in [0.717, 1.165) is 0 Å². The summed E-state index contributed by atoms with van der Waals surface area (Å²) >= 11 is 1.34. The number of fused-ring (bicyclic) bond motifs is 1. The third kappa shape index (κ3) is 2.41. The first-order chi connectivity index (χ1) is 9.22. The predicted octanol–water partition coefficient (Wildman–Crippen LogP) is 1.73. The van der Waals surface area contributed by atoms with E-state index < -0.39 is 0 Å². The van der Waals surface area contributed by atoms with Crippen molar-refractivity contribution in [2.45, 2.75) is 0 Å². The summed E-state index contributed by atoms with van der Waals surface area (Å²) in [5.41, 5.74) is 0.933. The standard InChI is InChI=1S/C12H9N3O3S/c16-10-6-18-9-2-1-7(5-8(9)14-10)11(17)15-12-13-3-4-19-12/h1-5H,6H2,(H,14,16)(H,13,15,17). The molecule has 7 heteroatoms. The highest BCUT2D eigenvalue weighted by molar-refractivity contribution is 7.13. The fourth-order valence-electron chi connectivity index (χ4n) is 1.68. The molecule has 2 N–H and O–H groups in total. The first-order valence-electron chi connectivity index (χ1n) is 5.50. The molecule has 2 aromatic rings. The van der Waals surface area contributed by atoms with Crippen molar-refractivity contribution in [2.75, 3.05) is 17.2 Å². The number of rotatable bonds is 2. The summed E-state index contributed by atoms with van der Waals surface area (Å²) < 4.78 is 5.22. The van der Waals surface area contributed by atoms with Gasteiger partial charge in [0.1, 0.15) is 5.75 Å². The second-order valence-corrected chi connectivity index (χ2v) is 4.73. The third-order valence-electron chi connectivity index (χ3n) is 2.53. The zero-order valence-corrected chi connectivity index (χ0v) is 10.5. The van der Waals surface area contributed by atoms with E-state index >= 15 is 0 Å². The van der Waals surface area contributed by atoms with Gasteiger partial charge in [0, 0.05) is 17.1 Å². The number of hydrogen-bond acceptors (Lipinski definition) is 5. The fraction of sp³-hybridized carbons (Fsp3) is 0.0833. The molecule has 19 heavy (non-hydrogen) atoms. The third-order valence-corrected chi connectivity index (χ3v) is 3.22. The Kier molecular flexibility index (Phi) is 2.88. The summed E-state index contributed by atoms with van der Waals surface area (Å²) in [5.74, 6) is 0.0490. The number of thiazole rings is 1. The van der Waals surface area contributed by atoms with Gasteiger partial charge in [-0.3, -0.25) is 14.9 Å². The molecule has 0 atom stereocenters. The molecule has 3 rings (SSSR count). The quantitative estimate of drug-likeness (QED) is 0.874. The van der Waals surface area contributed by atoms with E-state index in [1.807, 2.05) is 0 Å². The van der Waals surface area contributed by atoms with Gasteiger partial charge in [-0.05, 0) is 18.2 Å². The van der Waals surface area contributed by atoms with Crippen molar-refractivity contribution in [1.29, 1.82) is 0 Å². The number of carbonyl (C=O) groups excluding carboxylic acids is 2. The molecule has 1 aromatic heterocycles. The normalized spacial score (nSPS) is 13.2. The molecular formula is C12H9N3O3S. The minimum absolute atomic E-state index is 0.00232. The summed E-state index contributed by atoms with van der Waals surface area (Å²) in [5, 5.41) is 7.63. The van der Waals surface area contributed by atoms with Crippen molar-refractivity contribution >= 4 is 34.0 Å². The highest BCUT2D eigenvalue weighted by Gasteiger charge is 2.18. The second kappa shape index (κ2) is 4.69. The van der Waals surface area contributed by atoms with E-state index in [2.05, 4.69) is 15.6 Å². The molecule has 0 spiro atoms. The Morgan fingerprint density at radius 2 is 2.37 bits per heavy atom. The van der Waals surface area contributed by atoms with Crippen LogP contribution >= 0.6 is 11.3 Å². The van der Waals surface area contributed by atoms with Gasteiger partial charge in [0.05, 0.1) is 5.69 Å². The average molecular weight is 275 g/mol. The Balaban J connectivity index is 1.83. The zero-order chi connectivity index (χ0) is 13.2. The Bertz CT molecular complexity index is 640. The van der Waals surface area contributed by atoms with Crippen LogP contribution in [0.4, 0.5) is 10.8 Å². The van der Waals surface area contributed by atoms with Crippen molar-refractivity contribution in [3.8, 4) is 5.75 Å². The molecule has 0 radical (unpaired) electrons.